The summed E-state index contributed by atoms with van der Waals surface area (Å²) in [6, 6.07) is 18.3. The minimum atomic E-state index is -0.947. The van der Waals surface area contributed by atoms with Gasteiger partial charge in [0.25, 0.3) is 5.56 Å². The highest BCUT2D eigenvalue weighted by Crippen LogP contribution is 2.25. The number of benzene rings is 2. The Kier molecular flexibility index (Phi) is 5.89. The number of unbranched alkanes of at least 4 members (excludes halogenated alkanes) is 1. The van der Waals surface area contributed by atoms with Crippen LogP contribution in [0.25, 0.3) is 22.2 Å². The van der Waals surface area contributed by atoms with E-state index in [1.165, 1.54) is 0 Å². The first kappa shape index (κ1) is 20.5. The monoisotopic (exact) mass is 413 g/mol. The first-order chi connectivity index (χ1) is 15.1. The lowest BCUT2D eigenvalue weighted by atomic mass is 9.98. The Morgan fingerprint density at radius 3 is 2.55 bits per heavy atom. The van der Waals surface area contributed by atoms with E-state index in [0.717, 1.165) is 29.8 Å². The van der Waals surface area contributed by atoms with Crippen LogP contribution in [0.3, 0.4) is 0 Å². The molecule has 0 fully saturated rings. The average molecular weight is 413 g/mol. The van der Waals surface area contributed by atoms with Crippen molar-refractivity contribution in [3.8, 4) is 11.1 Å². The number of carboxylic acid groups (broad SMARTS) is 1. The van der Waals surface area contributed by atoms with E-state index in [2.05, 4.69) is 16.9 Å². The standard InChI is InChI=1S/C25H23N3O3/c1-2-3-10-22-27-24(29)21-9-6-15-26-23(21)28(22)16-17-11-13-18(14-12-17)19-7-4-5-8-20(19)25(30)31/h4-9,11-15H,2-3,10,16H2,1H3,(H,30,31). The summed E-state index contributed by atoms with van der Waals surface area (Å²) >= 11 is 0. The zero-order chi connectivity index (χ0) is 21.8. The number of hydrogen-bond acceptors (Lipinski definition) is 4. The molecule has 4 rings (SSSR count). The van der Waals surface area contributed by atoms with E-state index in [0.29, 0.717) is 29.6 Å². The molecule has 0 bridgehead atoms. The lowest BCUT2D eigenvalue weighted by molar-refractivity contribution is 0.0697. The van der Waals surface area contributed by atoms with Gasteiger partial charge in [0.15, 0.2) is 0 Å². The second-order valence-corrected chi connectivity index (χ2v) is 7.45. The van der Waals surface area contributed by atoms with E-state index < -0.39 is 5.97 Å². The van der Waals surface area contributed by atoms with Crippen LogP contribution in [0.4, 0.5) is 0 Å². The lowest BCUT2D eigenvalue weighted by Gasteiger charge is -2.15. The van der Waals surface area contributed by atoms with Crippen molar-refractivity contribution in [3.05, 3.63) is 94.2 Å². The van der Waals surface area contributed by atoms with Gasteiger partial charge in [0.05, 0.1) is 17.5 Å². The SMILES string of the molecule is CCCCc1nc(=O)c2cccnc2n1Cc1ccc(-c2ccccc2C(=O)O)cc1. The number of carbonyl (C=O) groups is 1. The van der Waals surface area contributed by atoms with Gasteiger partial charge in [-0.15, -0.1) is 0 Å². The topological polar surface area (TPSA) is 85.1 Å². The molecule has 0 aliphatic carbocycles. The third kappa shape index (κ3) is 4.23. The lowest BCUT2D eigenvalue weighted by Crippen LogP contribution is -2.20. The predicted molar refractivity (Wildman–Crippen MR) is 120 cm³/mol. The van der Waals surface area contributed by atoms with Crippen molar-refractivity contribution < 1.29 is 9.90 Å². The Morgan fingerprint density at radius 2 is 1.81 bits per heavy atom. The maximum atomic E-state index is 12.4. The number of hydrogen-bond donors (Lipinski definition) is 1. The van der Waals surface area contributed by atoms with Gasteiger partial charge < -0.3 is 9.67 Å². The van der Waals surface area contributed by atoms with Crippen molar-refractivity contribution in [1.82, 2.24) is 14.5 Å². The van der Waals surface area contributed by atoms with Gasteiger partial charge in [0.2, 0.25) is 0 Å². The summed E-state index contributed by atoms with van der Waals surface area (Å²) in [5.74, 6) is -0.213. The largest absolute Gasteiger partial charge is 0.478 e. The highest BCUT2D eigenvalue weighted by Gasteiger charge is 2.13. The van der Waals surface area contributed by atoms with Crippen molar-refractivity contribution in [2.75, 3.05) is 0 Å². The normalized spacial score (nSPS) is 11.0. The number of aromatic nitrogens is 3. The van der Waals surface area contributed by atoms with E-state index in [1.54, 1.807) is 30.5 Å². The number of rotatable bonds is 7. The molecule has 31 heavy (non-hydrogen) atoms. The number of nitrogens with zero attached hydrogens (tertiary/aromatic N) is 3. The molecule has 4 aromatic rings. The highest BCUT2D eigenvalue weighted by molar-refractivity contribution is 5.96. The number of fused-ring (bicyclic) bond motifs is 1. The molecule has 6 nitrogen and oxygen atoms in total. The molecule has 0 spiro atoms. The molecule has 0 aliphatic rings. The molecule has 0 unspecified atom stereocenters. The van der Waals surface area contributed by atoms with Gasteiger partial charge in [-0.1, -0.05) is 55.8 Å². The van der Waals surface area contributed by atoms with Crippen molar-refractivity contribution in [2.24, 2.45) is 0 Å². The summed E-state index contributed by atoms with van der Waals surface area (Å²) in [6.45, 7) is 2.64. The quantitative estimate of drug-likeness (QED) is 0.480. The smallest absolute Gasteiger partial charge is 0.336 e. The summed E-state index contributed by atoms with van der Waals surface area (Å²) in [7, 11) is 0. The van der Waals surface area contributed by atoms with E-state index in [-0.39, 0.29) is 11.1 Å². The van der Waals surface area contributed by atoms with Gasteiger partial charge in [0.1, 0.15) is 11.5 Å². The molecule has 0 saturated carbocycles. The summed E-state index contributed by atoms with van der Waals surface area (Å²) < 4.78 is 2.01. The van der Waals surface area contributed by atoms with E-state index in [9.17, 15) is 14.7 Å². The molecular weight excluding hydrogens is 390 g/mol. The molecule has 2 aromatic carbocycles. The fourth-order valence-electron chi connectivity index (χ4n) is 3.72. The second-order valence-electron chi connectivity index (χ2n) is 7.45. The van der Waals surface area contributed by atoms with Gasteiger partial charge in [0, 0.05) is 12.6 Å². The molecule has 1 N–H and O–H groups in total. The van der Waals surface area contributed by atoms with E-state index in [4.69, 9.17) is 0 Å². The maximum Gasteiger partial charge on any atom is 0.336 e. The Bertz CT molecular complexity index is 1290. The zero-order valence-electron chi connectivity index (χ0n) is 17.3. The number of pyridine rings is 1. The van der Waals surface area contributed by atoms with E-state index in [1.807, 2.05) is 41.0 Å². The van der Waals surface area contributed by atoms with Crippen LogP contribution >= 0.6 is 0 Å². The van der Waals surface area contributed by atoms with Crippen molar-refractivity contribution >= 4 is 17.0 Å². The molecule has 0 saturated heterocycles. The summed E-state index contributed by atoms with van der Waals surface area (Å²) in [5, 5.41) is 9.97. The number of carboxylic acids is 1. The van der Waals surface area contributed by atoms with Gasteiger partial charge in [-0.3, -0.25) is 4.79 Å². The third-order valence-corrected chi connectivity index (χ3v) is 5.33. The van der Waals surface area contributed by atoms with Crippen molar-refractivity contribution in [3.63, 3.8) is 0 Å². The molecule has 2 aromatic heterocycles. The average Bonchev–Trinajstić information content (AvgIpc) is 2.80. The second kappa shape index (κ2) is 8.92. The van der Waals surface area contributed by atoms with Crippen LogP contribution < -0.4 is 5.56 Å². The minimum Gasteiger partial charge on any atom is -0.478 e. The maximum absolute atomic E-state index is 12.4. The first-order valence-corrected chi connectivity index (χ1v) is 10.3. The Labute approximate surface area is 179 Å². The predicted octanol–water partition coefficient (Wildman–Crippen LogP) is 4.55. The van der Waals surface area contributed by atoms with Crippen LogP contribution in [-0.4, -0.2) is 25.6 Å². The molecule has 0 amide bonds. The number of aromatic carboxylic acids is 1. The van der Waals surface area contributed by atoms with Gasteiger partial charge in [-0.2, -0.15) is 4.98 Å². The highest BCUT2D eigenvalue weighted by atomic mass is 16.4. The van der Waals surface area contributed by atoms with Crippen LogP contribution in [-0.2, 0) is 13.0 Å². The minimum absolute atomic E-state index is 0.244. The Morgan fingerprint density at radius 1 is 1.03 bits per heavy atom. The molecular formula is C25H23N3O3. The van der Waals surface area contributed by atoms with Crippen LogP contribution in [0.5, 0.6) is 0 Å². The zero-order valence-corrected chi connectivity index (χ0v) is 17.3. The molecule has 0 radical (unpaired) electrons. The molecule has 0 aliphatic heterocycles. The fourth-order valence-corrected chi connectivity index (χ4v) is 3.72. The van der Waals surface area contributed by atoms with Crippen LogP contribution in [0.1, 0.15) is 41.5 Å². The van der Waals surface area contributed by atoms with E-state index >= 15 is 0 Å². The van der Waals surface area contributed by atoms with Crippen LogP contribution in [0, 0.1) is 0 Å². The van der Waals surface area contributed by atoms with Gasteiger partial charge in [-0.25, -0.2) is 9.78 Å². The molecule has 156 valence electrons. The van der Waals surface area contributed by atoms with Crippen LogP contribution in [0.15, 0.2) is 71.7 Å². The molecule has 6 heteroatoms. The summed E-state index contributed by atoms with van der Waals surface area (Å²) in [4.78, 5) is 32.8. The fraction of sp³-hybridized carbons (Fsp3) is 0.200. The molecule has 0 atom stereocenters. The summed E-state index contributed by atoms with van der Waals surface area (Å²) in [5.41, 5.74) is 3.21. The van der Waals surface area contributed by atoms with Gasteiger partial charge in [-0.05, 0) is 41.3 Å². The third-order valence-electron chi connectivity index (χ3n) is 5.33. The van der Waals surface area contributed by atoms with Crippen molar-refractivity contribution in [1.29, 1.82) is 0 Å². The first-order valence-electron chi connectivity index (χ1n) is 10.3. The number of aryl methyl sites for hydroxylation is 1. The van der Waals surface area contributed by atoms with Crippen molar-refractivity contribution in [2.45, 2.75) is 32.7 Å². The Balaban J connectivity index is 1.72. The molecule has 2 heterocycles. The van der Waals surface area contributed by atoms with Gasteiger partial charge >= 0.3 is 5.97 Å². The summed E-state index contributed by atoms with van der Waals surface area (Å²) in [6.07, 6.45) is 4.35. The van der Waals surface area contributed by atoms with Crippen LogP contribution in [0.2, 0.25) is 0 Å². The Hall–Kier alpha value is -3.80.